The lowest BCUT2D eigenvalue weighted by Crippen LogP contribution is -2.48. The van der Waals surface area contributed by atoms with Crippen LogP contribution >= 0.6 is 0 Å². The molecule has 2 fully saturated rings. The summed E-state index contributed by atoms with van der Waals surface area (Å²) in [4.78, 5) is 18.8. The first-order valence-corrected chi connectivity index (χ1v) is 8.66. The molecule has 2 aromatic rings. The quantitative estimate of drug-likeness (QED) is 0.846. The number of carbonyl (C=O) groups excluding carboxylic acids is 1. The molecular formula is C17H23N7O. The van der Waals surface area contributed by atoms with Crippen molar-refractivity contribution in [1.29, 1.82) is 0 Å². The van der Waals surface area contributed by atoms with Gasteiger partial charge < -0.3 is 10.2 Å². The molecule has 2 atom stereocenters. The zero-order valence-electron chi connectivity index (χ0n) is 14.6. The topological polar surface area (TPSA) is 79.2 Å². The van der Waals surface area contributed by atoms with E-state index in [4.69, 9.17) is 0 Å². The van der Waals surface area contributed by atoms with Crippen LogP contribution in [0.2, 0.25) is 0 Å². The number of carbonyl (C=O) groups is 1. The summed E-state index contributed by atoms with van der Waals surface area (Å²) >= 11 is 0. The van der Waals surface area contributed by atoms with Gasteiger partial charge >= 0.3 is 0 Å². The summed E-state index contributed by atoms with van der Waals surface area (Å²) in [5.74, 6) is 0.545. The minimum atomic E-state index is -0.0168. The van der Waals surface area contributed by atoms with E-state index in [0.717, 1.165) is 38.2 Å². The summed E-state index contributed by atoms with van der Waals surface area (Å²) in [6.45, 7) is 4.24. The van der Waals surface area contributed by atoms with Gasteiger partial charge in [-0.25, -0.2) is 0 Å². The Morgan fingerprint density at radius 1 is 1.16 bits per heavy atom. The van der Waals surface area contributed by atoms with E-state index in [0.29, 0.717) is 17.4 Å². The Kier molecular flexibility index (Phi) is 4.22. The number of aryl methyl sites for hydroxylation is 1. The number of hydrogen-bond acceptors (Lipinski definition) is 6. The maximum Gasteiger partial charge on any atom is 0.251 e. The summed E-state index contributed by atoms with van der Waals surface area (Å²) in [6, 6.07) is 8.14. The minimum absolute atomic E-state index is 0.0168. The van der Waals surface area contributed by atoms with Crippen LogP contribution in [0.15, 0.2) is 24.3 Å². The van der Waals surface area contributed by atoms with E-state index in [-0.39, 0.29) is 11.9 Å². The van der Waals surface area contributed by atoms with Gasteiger partial charge in [0.2, 0.25) is 5.82 Å². The van der Waals surface area contributed by atoms with Crippen LogP contribution in [0.4, 0.5) is 0 Å². The van der Waals surface area contributed by atoms with Gasteiger partial charge in [0, 0.05) is 49.4 Å². The summed E-state index contributed by atoms with van der Waals surface area (Å²) in [7, 11) is 3.89. The molecule has 1 aromatic heterocycles. The molecule has 0 unspecified atom stereocenters. The number of piperazine rings is 1. The van der Waals surface area contributed by atoms with Crippen molar-refractivity contribution in [2.45, 2.75) is 18.5 Å². The number of benzene rings is 1. The van der Waals surface area contributed by atoms with Crippen molar-refractivity contribution in [1.82, 2.24) is 35.3 Å². The summed E-state index contributed by atoms with van der Waals surface area (Å²) in [5.41, 5.74) is 1.51. The van der Waals surface area contributed by atoms with Gasteiger partial charge in [-0.3, -0.25) is 9.69 Å². The zero-order chi connectivity index (χ0) is 17.4. The van der Waals surface area contributed by atoms with Crippen molar-refractivity contribution in [3.05, 3.63) is 29.8 Å². The Bertz CT molecular complexity index is 757. The summed E-state index contributed by atoms with van der Waals surface area (Å²) in [6.07, 6.45) is 1.03. The monoisotopic (exact) mass is 341 g/mol. The van der Waals surface area contributed by atoms with Gasteiger partial charge in [-0.1, -0.05) is 12.1 Å². The number of hydrogen-bond donors (Lipinski definition) is 1. The molecule has 2 aliphatic heterocycles. The van der Waals surface area contributed by atoms with Crippen molar-refractivity contribution >= 4 is 5.91 Å². The Morgan fingerprint density at radius 2 is 1.96 bits per heavy atom. The highest BCUT2D eigenvalue weighted by atomic mass is 16.1. The normalized spacial score (nSPS) is 24.2. The maximum absolute atomic E-state index is 12.5. The van der Waals surface area contributed by atoms with Crippen LogP contribution in [0.25, 0.3) is 11.4 Å². The van der Waals surface area contributed by atoms with Gasteiger partial charge in [-0.05, 0) is 30.8 Å². The Morgan fingerprint density at radius 3 is 2.68 bits per heavy atom. The fourth-order valence-electron chi connectivity index (χ4n) is 3.74. The molecule has 1 N–H and O–H groups in total. The molecular weight excluding hydrogens is 318 g/mol. The second-order valence-electron chi connectivity index (χ2n) is 7.00. The van der Waals surface area contributed by atoms with Crippen molar-refractivity contribution < 1.29 is 4.79 Å². The maximum atomic E-state index is 12.5. The number of likely N-dealkylation sites (N-methyl/N-ethyl adjacent to an activating group) is 1. The molecule has 2 aliphatic rings. The Hall–Kier alpha value is -2.32. The number of nitrogens with zero attached hydrogens (tertiary/aromatic N) is 6. The van der Waals surface area contributed by atoms with Gasteiger partial charge in [0.25, 0.3) is 5.91 Å². The molecule has 8 nitrogen and oxygen atoms in total. The molecule has 4 rings (SSSR count). The molecule has 0 saturated carbocycles. The number of fused-ring (bicyclic) bond motifs is 1. The molecule has 0 bridgehead atoms. The zero-order valence-corrected chi connectivity index (χ0v) is 14.6. The van der Waals surface area contributed by atoms with Gasteiger partial charge in [0.05, 0.1) is 7.05 Å². The van der Waals surface area contributed by atoms with Crippen LogP contribution < -0.4 is 5.32 Å². The highest BCUT2D eigenvalue weighted by molar-refractivity contribution is 5.94. The Labute approximate surface area is 146 Å². The Balaban J connectivity index is 1.38. The van der Waals surface area contributed by atoms with E-state index in [1.165, 1.54) is 4.80 Å². The van der Waals surface area contributed by atoms with Crippen LogP contribution in [0, 0.1) is 0 Å². The van der Waals surface area contributed by atoms with Crippen molar-refractivity contribution in [3.63, 3.8) is 0 Å². The third-order valence-electron chi connectivity index (χ3n) is 5.07. The van der Waals surface area contributed by atoms with Gasteiger partial charge in [0.1, 0.15) is 0 Å². The molecule has 132 valence electrons. The minimum Gasteiger partial charge on any atom is -0.348 e. The van der Waals surface area contributed by atoms with Crippen molar-refractivity contribution in [2.24, 2.45) is 7.05 Å². The molecule has 1 amide bonds. The average molecular weight is 341 g/mol. The van der Waals surface area contributed by atoms with Crippen LogP contribution in [0.3, 0.4) is 0 Å². The lowest BCUT2D eigenvalue weighted by molar-refractivity contribution is 0.0936. The van der Waals surface area contributed by atoms with E-state index in [2.05, 4.69) is 37.6 Å². The van der Waals surface area contributed by atoms with Crippen LogP contribution in [0.1, 0.15) is 16.8 Å². The van der Waals surface area contributed by atoms with Gasteiger partial charge in [-0.2, -0.15) is 4.80 Å². The van der Waals surface area contributed by atoms with Crippen molar-refractivity contribution in [3.8, 4) is 11.4 Å². The second-order valence-corrected chi connectivity index (χ2v) is 7.00. The lowest BCUT2D eigenvalue weighted by Gasteiger charge is -2.34. The molecule has 3 heterocycles. The number of aromatic nitrogens is 4. The largest absolute Gasteiger partial charge is 0.348 e. The summed E-state index contributed by atoms with van der Waals surface area (Å²) < 4.78 is 0. The predicted octanol–water partition coefficient (Wildman–Crippen LogP) is -0.00480. The number of amides is 1. The molecule has 2 saturated heterocycles. The van der Waals surface area contributed by atoms with E-state index in [1.54, 1.807) is 7.05 Å². The molecule has 0 radical (unpaired) electrons. The highest BCUT2D eigenvalue weighted by Crippen LogP contribution is 2.22. The first-order chi connectivity index (χ1) is 12.1. The lowest BCUT2D eigenvalue weighted by atomic mass is 10.1. The van der Waals surface area contributed by atoms with Gasteiger partial charge in [0.15, 0.2) is 0 Å². The summed E-state index contributed by atoms with van der Waals surface area (Å²) in [5, 5.41) is 15.2. The molecule has 25 heavy (non-hydrogen) atoms. The van der Waals surface area contributed by atoms with E-state index < -0.39 is 0 Å². The molecule has 8 heteroatoms. The third kappa shape index (κ3) is 3.40. The van der Waals surface area contributed by atoms with Gasteiger partial charge in [-0.15, -0.1) is 10.2 Å². The first kappa shape index (κ1) is 16.2. The van der Waals surface area contributed by atoms with Crippen LogP contribution in [0.5, 0.6) is 0 Å². The molecule has 0 aliphatic carbocycles. The number of tetrazole rings is 1. The average Bonchev–Trinajstić information content (AvgIpc) is 3.20. The van der Waals surface area contributed by atoms with E-state index in [9.17, 15) is 4.79 Å². The molecule has 1 aromatic carbocycles. The number of nitrogens with one attached hydrogen (secondary N) is 1. The van der Waals surface area contributed by atoms with E-state index >= 15 is 0 Å². The fourth-order valence-corrected chi connectivity index (χ4v) is 3.74. The molecule has 0 spiro atoms. The standard InChI is InChI=1S/C17H23N7O/c1-22-7-8-24-10-14(9-15(24)11-22)18-17(25)13-5-3-12(4-6-13)16-19-21-23(2)20-16/h3-6,14-15H,7-11H2,1-2H3,(H,18,25)/t14-,15-/m0/s1. The smallest absolute Gasteiger partial charge is 0.251 e. The van der Waals surface area contributed by atoms with Crippen molar-refractivity contribution in [2.75, 3.05) is 33.2 Å². The van der Waals surface area contributed by atoms with Crippen LogP contribution in [-0.2, 0) is 7.05 Å². The first-order valence-electron chi connectivity index (χ1n) is 8.66. The highest BCUT2D eigenvalue weighted by Gasteiger charge is 2.35. The number of rotatable bonds is 3. The van der Waals surface area contributed by atoms with Crippen LogP contribution in [-0.4, -0.2) is 81.2 Å². The van der Waals surface area contributed by atoms with E-state index in [1.807, 2.05) is 24.3 Å². The predicted molar refractivity (Wildman–Crippen MR) is 93.0 cm³/mol. The SMILES string of the molecule is CN1CCN2C[C@@H](NC(=O)c3ccc(-c4nnn(C)n4)cc3)C[C@H]2C1. The third-order valence-corrected chi connectivity index (χ3v) is 5.07. The second kappa shape index (κ2) is 6.53. The fraction of sp³-hybridized carbons (Fsp3) is 0.529.